The minimum atomic E-state index is -0.509. The van der Waals surface area contributed by atoms with Gasteiger partial charge in [0, 0.05) is 11.1 Å². The summed E-state index contributed by atoms with van der Waals surface area (Å²) in [5.74, 6) is -1.50. The van der Waals surface area contributed by atoms with E-state index in [1.165, 1.54) is 18.2 Å². The summed E-state index contributed by atoms with van der Waals surface area (Å²) in [5.41, 5.74) is 0.777. The monoisotopic (exact) mass is 498 g/mol. The summed E-state index contributed by atoms with van der Waals surface area (Å²) in [5, 5.41) is 0. The Morgan fingerprint density at radius 2 is 1.89 bits per heavy atom. The minimum absolute atomic E-state index is 0.0576. The van der Waals surface area contributed by atoms with Gasteiger partial charge in [0.15, 0.2) is 0 Å². The van der Waals surface area contributed by atoms with Crippen molar-refractivity contribution in [1.82, 2.24) is 0 Å². The molecular formula is C21H18Br2F2O2. The van der Waals surface area contributed by atoms with Crippen molar-refractivity contribution in [3.05, 3.63) is 69.1 Å². The van der Waals surface area contributed by atoms with E-state index in [2.05, 4.69) is 31.9 Å². The van der Waals surface area contributed by atoms with Crippen molar-refractivity contribution >= 4 is 37.8 Å². The van der Waals surface area contributed by atoms with Crippen LogP contribution in [0.5, 0.6) is 0 Å². The van der Waals surface area contributed by atoms with Gasteiger partial charge in [-0.25, -0.2) is 8.78 Å². The standard InChI is InChI=1S/C21H18Br2F2O2/c1-21(2)16(10-17(22)23)18(21)20(26)27-11-13-6-4-8-15(19(13)25)12-5-3-7-14(24)9-12/h3-10,16,18H,11H2,1-2H3. The first kappa shape index (κ1) is 20.2. The predicted octanol–water partition coefficient (Wildman–Crippen LogP) is 6.58. The number of hydrogen-bond donors (Lipinski definition) is 0. The molecule has 2 atom stereocenters. The summed E-state index contributed by atoms with van der Waals surface area (Å²) < 4.78 is 34.4. The van der Waals surface area contributed by atoms with Crippen molar-refractivity contribution in [2.24, 2.45) is 17.3 Å². The molecule has 0 spiro atoms. The van der Waals surface area contributed by atoms with Crippen LogP contribution < -0.4 is 0 Å². The molecule has 0 aliphatic heterocycles. The molecular weight excluding hydrogens is 482 g/mol. The molecule has 1 saturated carbocycles. The molecule has 27 heavy (non-hydrogen) atoms. The molecule has 2 unspecified atom stereocenters. The fourth-order valence-corrected chi connectivity index (χ4v) is 3.95. The Morgan fingerprint density at radius 1 is 1.19 bits per heavy atom. The minimum Gasteiger partial charge on any atom is -0.460 e. The molecule has 142 valence electrons. The first-order valence-corrected chi connectivity index (χ1v) is 10.0. The summed E-state index contributed by atoms with van der Waals surface area (Å²) in [4.78, 5) is 12.4. The van der Waals surface area contributed by atoms with Gasteiger partial charge in [-0.1, -0.05) is 50.3 Å². The van der Waals surface area contributed by atoms with Crippen LogP contribution in [0.2, 0.25) is 0 Å². The molecule has 2 aromatic rings. The van der Waals surface area contributed by atoms with Gasteiger partial charge in [0.2, 0.25) is 0 Å². The second kappa shape index (κ2) is 7.84. The number of esters is 1. The second-order valence-electron chi connectivity index (χ2n) is 7.18. The number of rotatable bonds is 5. The van der Waals surface area contributed by atoms with Crippen molar-refractivity contribution < 1.29 is 18.3 Å². The van der Waals surface area contributed by atoms with E-state index in [-0.39, 0.29) is 41.0 Å². The Morgan fingerprint density at radius 3 is 2.56 bits per heavy atom. The molecule has 2 nitrogen and oxygen atoms in total. The topological polar surface area (TPSA) is 26.3 Å². The Bertz CT molecular complexity index is 905. The van der Waals surface area contributed by atoms with Crippen LogP contribution in [0.4, 0.5) is 8.78 Å². The van der Waals surface area contributed by atoms with Crippen LogP contribution in [0.15, 0.2) is 51.9 Å². The zero-order valence-electron chi connectivity index (χ0n) is 14.8. The van der Waals surface area contributed by atoms with Crippen LogP contribution in [-0.4, -0.2) is 5.97 Å². The number of hydrogen-bond acceptors (Lipinski definition) is 2. The quantitative estimate of drug-likeness (QED) is 0.434. The van der Waals surface area contributed by atoms with Crippen LogP contribution in [0, 0.1) is 28.9 Å². The molecule has 0 saturated heterocycles. The summed E-state index contributed by atoms with van der Waals surface area (Å²) in [6, 6.07) is 10.6. The Labute approximate surface area is 173 Å². The third-order valence-electron chi connectivity index (χ3n) is 5.05. The van der Waals surface area contributed by atoms with Crippen LogP contribution in [0.25, 0.3) is 11.1 Å². The lowest BCUT2D eigenvalue weighted by molar-refractivity contribution is -0.147. The van der Waals surface area contributed by atoms with Crippen molar-refractivity contribution in [2.75, 3.05) is 0 Å². The number of benzene rings is 2. The number of carbonyl (C=O) groups is 1. The SMILES string of the molecule is CC1(C)C(C=C(Br)Br)C1C(=O)OCc1cccc(-c2cccc(F)c2)c1F. The van der Waals surface area contributed by atoms with Crippen molar-refractivity contribution in [2.45, 2.75) is 20.5 Å². The van der Waals surface area contributed by atoms with E-state index in [0.29, 0.717) is 5.56 Å². The second-order valence-corrected chi connectivity index (χ2v) is 9.95. The van der Waals surface area contributed by atoms with Gasteiger partial charge >= 0.3 is 5.97 Å². The summed E-state index contributed by atoms with van der Waals surface area (Å²) in [7, 11) is 0. The van der Waals surface area contributed by atoms with E-state index >= 15 is 0 Å². The van der Waals surface area contributed by atoms with Gasteiger partial charge in [-0.3, -0.25) is 4.79 Å². The maximum absolute atomic E-state index is 14.8. The smallest absolute Gasteiger partial charge is 0.310 e. The summed E-state index contributed by atoms with van der Waals surface area (Å²) in [6.07, 6.45) is 1.93. The lowest BCUT2D eigenvalue weighted by Gasteiger charge is -2.10. The van der Waals surface area contributed by atoms with E-state index in [4.69, 9.17) is 4.74 Å². The van der Waals surface area contributed by atoms with E-state index in [1.807, 2.05) is 19.9 Å². The molecule has 0 bridgehead atoms. The lowest BCUT2D eigenvalue weighted by atomic mass is 10.0. The molecule has 0 radical (unpaired) electrons. The van der Waals surface area contributed by atoms with Crippen LogP contribution in [-0.2, 0) is 16.1 Å². The third kappa shape index (κ3) is 4.32. The van der Waals surface area contributed by atoms with Gasteiger partial charge in [0.1, 0.15) is 18.2 Å². The fourth-order valence-electron chi connectivity index (χ4n) is 3.38. The first-order chi connectivity index (χ1) is 12.7. The molecule has 1 aliphatic rings. The zero-order valence-corrected chi connectivity index (χ0v) is 18.0. The van der Waals surface area contributed by atoms with E-state index in [9.17, 15) is 13.6 Å². The Hall–Kier alpha value is -1.53. The molecule has 6 heteroatoms. The maximum Gasteiger partial charge on any atom is 0.310 e. The molecule has 0 amide bonds. The average Bonchev–Trinajstić information content (AvgIpc) is 3.13. The highest BCUT2D eigenvalue weighted by atomic mass is 79.9. The van der Waals surface area contributed by atoms with E-state index in [0.717, 1.165) is 3.39 Å². The highest BCUT2D eigenvalue weighted by molar-refractivity contribution is 9.28. The Kier molecular flexibility index (Phi) is 5.87. The predicted molar refractivity (Wildman–Crippen MR) is 108 cm³/mol. The average molecular weight is 500 g/mol. The molecule has 1 fully saturated rings. The molecule has 0 heterocycles. The van der Waals surface area contributed by atoms with Crippen molar-refractivity contribution in [1.29, 1.82) is 0 Å². The van der Waals surface area contributed by atoms with Gasteiger partial charge in [-0.2, -0.15) is 0 Å². The highest BCUT2D eigenvalue weighted by Crippen LogP contribution is 2.60. The Balaban J connectivity index is 1.73. The number of ether oxygens (including phenoxy) is 1. The van der Waals surface area contributed by atoms with Crippen LogP contribution in [0.1, 0.15) is 19.4 Å². The number of halogens is 4. The fraction of sp³-hybridized carbons (Fsp3) is 0.286. The van der Waals surface area contributed by atoms with Crippen molar-refractivity contribution in [3.63, 3.8) is 0 Å². The van der Waals surface area contributed by atoms with Crippen LogP contribution in [0.3, 0.4) is 0 Å². The van der Waals surface area contributed by atoms with E-state index in [1.54, 1.807) is 24.3 Å². The van der Waals surface area contributed by atoms with Crippen molar-refractivity contribution in [3.8, 4) is 11.1 Å². The first-order valence-electron chi connectivity index (χ1n) is 8.44. The summed E-state index contributed by atoms with van der Waals surface area (Å²) >= 11 is 6.63. The van der Waals surface area contributed by atoms with Gasteiger partial charge in [-0.05, 0) is 60.9 Å². The number of allylic oxidation sites excluding steroid dienone is 1. The van der Waals surface area contributed by atoms with E-state index < -0.39 is 11.6 Å². The highest BCUT2D eigenvalue weighted by Gasteiger charge is 2.61. The molecule has 0 N–H and O–H groups in total. The van der Waals surface area contributed by atoms with Crippen LogP contribution >= 0.6 is 31.9 Å². The summed E-state index contributed by atoms with van der Waals surface area (Å²) in [6.45, 7) is 3.83. The normalized spacial score (nSPS) is 20.1. The molecule has 1 aliphatic carbocycles. The lowest BCUT2D eigenvalue weighted by Crippen LogP contribution is -2.11. The molecule has 2 aromatic carbocycles. The maximum atomic E-state index is 14.8. The van der Waals surface area contributed by atoms with Gasteiger partial charge in [0.05, 0.1) is 9.31 Å². The largest absolute Gasteiger partial charge is 0.460 e. The van der Waals surface area contributed by atoms with Gasteiger partial charge in [0.25, 0.3) is 0 Å². The third-order valence-corrected chi connectivity index (χ3v) is 5.58. The number of carbonyl (C=O) groups excluding carboxylic acids is 1. The molecule has 0 aromatic heterocycles. The van der Waals surface area contributed by atoms with Gasteiger partial charge < -0.3 is 4.74 Å². The zero-order chi connectivity index (χ0) is 19.8. The van der Waals surface area contributed by atoms with Gasteiger partial charge in [-0.15, -0.1) is 0 Å². The molecule has 3 rings (SSSR count).